The first-order valence-electron chi connectivity index (χ1n) is 8.58. The second-order valence-electron chi connectivity index (χ2n) is 6.16. The molecule has 0 atom stereocenters. The van der Waals surface area contributed by atoms with Gasteiger partial charge in [0.2, 0.25) is 0 Å². The summed E-state index contributed by atoms with van der Waals surface area (Å²) < 4.78 is 39.1. The van der Waals surface area contributed by atoms with Gasteiger partial charge in [-0.05, 0) is 35.4 Å². The molecule has 1 aromatic heterocycles. The summed E-state index contributed by atoms with van der Waals surface area (Å²) in [5, 5.41) is 3.71. The molecule has 3 rings (SSSR count). The number of carbonyl (C=O) groups excluding carboxylic acids is 1. The topological polar surface area (TPSA) is 63.5 Å². The number of benzene rings is 2. The highest BCUT2D eigenvalue weighted by Crippen LogP contribution is 2.28. The lowest BCUT2D eigenvalue weighted by atomic mass is 10.1. The maximum atomic E-state index is 12.6. The van der Waals surface area contributed by atoms with Gasteiger partial charge < -0.3 is 4.57 Å². The van der Waals surface area contributed by atoms with Crippen molar-refractivity contribution in [3.8, 4) is 0 Å². The molecule has 0 saturated heterocycles. The van der Waals surface area contributed by atoms with Gasteiger partial charge in [0.15, 0.2) is 0 Å². The van der Waals surface area contributed by atoms with Crippen molar-refractivity contribution < 1.29 is 18.0 Å². The number of halogens is 3. The number of pyridine rings is 1. The second-order valence-corrected chi connectivity index (χ2v) is 6.16. The first kappa shape index (κ1) is 20.1. The molecule has 0 bridgehead atoms. The molecular formula is C21H16F3N3O2. The van der Waals surface area contributed by atoms with Crippen molar-refractivity contribution in [3.05, 3.63) is 106 Å². The van der Waals surface area contributed by atoms with Crippen LogP contribution in [0.15, 0.2) is 82.8 Å². The highest BCUT2D eigenvalue weighted by molar-refractivity contribution is 5.94. The number of carbonyl (C=O) groups is 1. The third kappa shape index (κ3) is 5.19. The lowest BCUT2D eigenvalue weighted by molar-refractivity contribution is -0.137. The molecule has 0 aliphatic rings. The van der Waals surface area contributed by atoms with Crippen molar-refractivity contribution >= 4 is 12.1 Å². The number of amides is 1. The Morgan fingerprint density at radius 1 is 1.00 bits per heavy atom. The number of hydrogen-bond acceptors (Lipinski definition) is 3. The van der Waals surface area contributed by atoms with Gasteiger partial charge in [-0.2, -0.15) is 18.3 Å². The highest BCUT2D eigenvalue weighted by atomic mass is 19.4. The van der Waals surface area contributed by atoms with Crippen molar-refractivity contribution in [1.82, 2.24) is 9.99 Å². The molecule has 3 aromatic rings. The van der Waals surface area contributed by atoms with E-state index < -0.39 is 23.2 Å². The molecule has 0 unspecified atom stereocenters. The van der Waals surface area contributed by atoms with E-state index in [0.29, 0.717) is 12.1 Å². The summed E-state index contributed by atoms with van der Waals surface area (Å²) in [5.74, 6) is -0.708. The average molecular weight is 399 g/mol. The van der Waals surface area contributed by atoms with E-state index in [2.05, 4.69) is 10.5 Å². The summed E-state index contributed by atoms with van der Waals surface area (Å²) in [6, 6.07) is 16.6. The summed E-state index contributed by atoms with van der Waals surface area (Å²) in [7, 11) is 0. The molecule has 0 saturated carbocycles. The average Bonchev–Trinajstić information content (AvgIpc) is 2.70. The number of hydrazone groups is 1. The maximum Gasteiger partial charge on any atom is 0.416 e. The molecule has 1 N–H and O–H groups in total. The lowest BCUT2D eigenvalue weighted by Gasteiger charge is -2.07. The van der Waals surface area contributed by atoms with Crippen LogP contribution < -0.4 is 11.0 Å². The SMILES string of the molecule is O=C(N/N=C\c1ccc(C(F)(F)F)cc1)c1cccn(Cc2ccccc2)c1=O. The van der Waals surface area contributed by atoms with Gasteiger partial charge in [0.25, 0.3) is 11.5 Å². The van der Waals surface area contributed by atoms with Gasteiger partial charge in [0.1, 0.15) is 5.56 Å². The Morgan fingerprint density at radius 2 is 1.69 bits per heavy atom. The second kappa shape index (κ2) is 8.55. The normalized spacial score (nSPS) is 11.6. The summed E-state index contributed by atoms with van der Waals surface area (Å²) in [6.45, 7) is 0.315. The number of aromatic nitrogens is 1. The molecule has 1 amide bonds. The summed E-state index contributed by atoms with van der Waals surface area (Å²) in [6.07, 6.45) is -1.64. The Morgan fingerprint density at radius 3 is 2.34 bits per heavy atom. The monoisotopic (exact) mass is 399 g/mol. The molecule has 1 heterocycles. The number of alkyl halides is 3. The molecule has 2 aromatic carbocycles. The fourth-order valence-corrected chi connectivity index (χ4v) is 2.60. The molecule has 5 nitrogen and oxygen atoms in total. The van der Waals surface area contributed by atoms with Crippen molar-refractivity contribution in [2.45, 2.75) is 12.7 Å². The lowest BCUT2D eigenvalue weighted by Crippen LogP contribution is -2.30. The van der Waals surface area contributed by atoms with E-state index >= 15 is 0 Å². The van der Waals surface area contributed by atoms with Crippen LogP contribution in [0.5, 0.6) is 0 Å². The zero-order chi connectivity index (χ0) is 20.9. The minimum atomic E-state index is -4.42. The predicted molar refractivity (Wildman–Crippen MR) is 103 cm³/mol. The third-order valence-electron chi connectivity index (χ3n) is 4.08. The smallest absolute Gasteiger partial charge is 0.310 e. The van der Waals surface area contributed by atoms with E-state index in [9.17, 15) is 22.8 Å². The van der Waals surface area contributed by atoms with E-state index in [1.54, 1.807) is 12.3 Å². The van der Waals surface area contributed by atoms with Gasteiger partial charge in [0.05, 0.1) is 18.3 Å². The first-order chi connectivity index (χ1) is 13.8. The largest absolute Gasteiger partial charge is 0.416 e. The van der Waals surface area contributed by atoms with Gasteiger partial charge in [-0.3, -0.25) is 9.59 Å². The van der Waals surface area contributed by atoms with Crippen LogP contribution in [0.25, 0.3) is 0 Å². The molecule has 148 valence electrons. The van der Waals surface area contributed by atoms with E-state index in [1.807, 2.05) is 30.3 Å². The Balaban J connectivity index is 1.69. The Labute approximate surface area is 164 Å². The molecule has 29 heavy (non-hydrogen) atoms. The zero-order valence-electron chi connectivity index (χ0n) is 15.1. The van der Waals surface area contributed by atoms with Crippen LogP contribution in [-0.2, 0) is 12.7 Å². The van der Waals surface area contributed by atoms with Crippen molar-refractivity contribution in [2.24, 2.45) is 5.10 Å². The predicted octanol–water partition coefficient (Wildman–Crippen LogP) is 3.68. The fraction of sp³-hybridized carbons (Fsp3) is 0.0952. The van der Waals surface area contributed by atoms with Crippen molar-refractivity contribution in [3.63, 3.8) is 0 Å². The van der Waals surface area contributed by atoms with Gasteiger partial charge in [-0.25, -0.2) is 5.43 Å². The Kier molecular flexibility index (Phi) is 5.92. The van der Waals surface area contributed by atoms with Crippen LogP contribution in [-0.4, -0.2) is 16.7 Å². The van der Waals surface area contributed by atoms with Crippen molar-refractivity contribution in [2.75, 3.05) is 0 Å². The molecule has 0 radical (unpaired) electrons. The van der Waals surface area contributed by atoms with E-state index in [1.165, 1.54) is 29.0 Å². The standard InChI is InChI=1S/C21H16F3N3O2/c22-21(23,24)17-10-8-15(9-11-17)13-25-26-19(28)18-7-4-12-27(20(18)29)14-16-5-2-1-3-6-16/h1-13H,14H2,(H,26,28)/b25-13-. The van der Waals surface area contributed by atoms with Gasteiger partial charge in [-0.1, -0.05) is 42.5 Å². The summed E-state index contributed by atoms with van der Waals surface area (Å²) in [4.78, 5) is 24.8. The van der Waals surface area contributed by atoms with Gasteiger partial charge in [0, 0.05) is 6.20 Å². The number of nitrogens with zero attached hydrogens (tertiary/aromatic N) is 2. The Bertz CT molecular complexity index is 1070. The number of nitrogens with one attached hydrogen (secondary N) is 1. The minimum absolute atomic E-state index is 0.0898. The third-order valence-corrected chi connectivity index (χ3v) is 4.08. The maximum absolute atomic E-state index is 12.6. The molecule has 8 heteroatoms. The zero-order valence-corrected chi connectivity index (χ0v) is 15.1. The van der Waals surface area contributed by atoms with Crippen LogP contribution in [0.4, 0.5) is 13.2 Å². The summed E-state index contributed by atoms with van der Waals surface area (Å²) >= 11 is 0. The van der Waals surface area contributed by atoms with Crippen LogP contribution in [0.3, 0.4) is 0 Å². The number of hydrogen-bond donors (Lipinski definition) is 1. The summed E-state index contributed by atoms with van der Waals surface area (Å²) in [5.41, 5.74) is 2.16. The van der Waals surface area contributed by atoms with E-state index in [4.69, 9.17) is 0 Å². The van der Waals surface area contributed by atoms with Gasteiger partial charge in [-0.15, -0.1) is 0 Å². The van der Waals surface area contributed by atoms with Crippen molar-refractivity contribution in [1.29, 1.82) is 0 Å². The van der Waals surface area contributed by atoms with Crippen LogP contribution in [0.2, 0.25) is 0 Å². The fourth-order valence-electron chi connectivity index (χ4n) is 2.60. The molecule has 0 spiro atoms. The Hall–Kier alpha value is -3.68. The molecule has 0 aliphatic carbocycles. The van der Waals surface area contributed by atoms with Crippen LogP contribution >= 0.6 is 0 Å². The van der Waals surface area contributed by atoms with Crippen LogP contribution in [0.1, 0.15) is 27.0 Å². The van der Waals surface area contributed by atoms with Crippen LogP contribution in [0, 0.1) is 0 Å². The number of rotatable bonds is 5. The minimum Gasteiger partial charge on any atom is -0.310 e. The highest BCUT2D eigenvalue weighted by Gasteiger charge is 2.29. The molecule has 0 fully saturated rings. The molecular weight excluding hydrogens is 383 g/mol. The quantitative estimate of drug-likeness (QED) is 0.526. The van der Waals surface area contributed by atoms with Gasteiger partial charge >= 0.3 is 6.18 Å². The first-order valence-corrected chi connectivity index (χ1v) is 8.58. The van der Waals surface area contributed by atoms with E-state index in [0.717, 1.165) is 17.7 Å². The van der Waals surface area contributed by atoms with E-state index in [-0.39, 0.29) is 5.56 Å². The molecule has 0 aliphatic heterocycles.